The highest BCUT2D eigenvalue weighted by Gasteiger charge is 2.28. The van der Waals surface area contributed by atoms with Gasteiger partial charge in [-0.1, -0.05) is 115 Å². The summed E-state index contributed by atoms with van der Waals surface area (Å²) in [7, 11) is 0. The van der Waals surface area contributed by atoms with Gasteiger partial charge in [0.05, 0.1) is 0 Å². The third-order valence-corrected chi connectivity index (χ3v) is 9.41. The fourth-order valence-electron chi connectivity index (χ4n) is 7.06. The van der Waals surface area contributed by atoms with Crippen LogP contribution in [0.4, 0.5) is 11.4 Å². The molecular formula is C44H51N5O2. The molecule has 2 aromatic rings. The van der Waals surface area contributed by atoms with Crippen LogP contribution in [-0.2, 0) is 9.59 Å². The lowest BCUT2D eigenvalue weighted by atomic mass is 9.74. The van der Waals surface area contributed by atoms with Crippen LogP contribution in [0.2, 0.25) is 0 Å². The van der Waals surface area contributed by atoms with Crippen molar-refractivity contribution >= 4 is 35.3 Å². The minimum Gasteiger partial charge on any atom is -0.365 e. The second-order valence-corrected chi connectivity index (χ2v) is 15.3. The van der Waals surface area contributed by atoms with E-state index in [9.17, 15) is 20.1 Å². The summed E-state index contributed by atoms with van der Waals surface area (Å²) in [5.74, 6) is -1.37. The molecule has 2 aliphatic carbocycles. The molecule has 2 amide bonds. The molecule has 7 nitrogen and oxygen atoms in total. The van der Waals surface area contributed by atoms with Crippen molar-refractivity contribution in [1.29, 1.82) is 10.5 Å². The zero-order valence-corrected chi connectivity index (χ0v) is 30.8. The third kappa shape index (κ3) is 10.8. The Bertz CT molecular complexity index is 1750. The number of carbonyl (C=O) groups excluding carboxylic acids is 2. The first-order valence-corrected chi connectivity index (χ1v) is 17.9. The standard InChI is InChI=1S/C44H51N5O2/c1-6-7-8-9-22-49(37-18-14-31(15-19-37)10-12-33-23-35(27-43(2,3)25-33)39(29-45)41(47)50)38-20-16-32(17-21-38)11-13-34-24-36(28-44(4,5)26-34)40(30-46)42(48)51/h10-21,23-24H,6-9,22,25-28H2,1-5H3,(H2,47,50)(H2,48,51)/b12-10+,13-11+,39-35-,40-36-. The van der Waals surface area contributed by atoms with Crippen LogP contribution in [0, 0.1) is 33.5 Å². The molecule has 0 spiro atoms. The van der Waals surface area contributed by atoms with Crippen molar-refractivity contribution in [2.24, 2.45) is 22.3 Å². The van der Waals surface area contributed by atoms with Gasteiger partial charge in [0, 0.05) is 17.9 Å². The summed E-state index contributed by atoms with van der Waals surface area (Å²) >= 11 is 0. The van der Waals surface area contributed by atoms with Crippen LogP contribution in [0.1, 0.15) is 97.1 Å². The Morgan fingerprint density at radius 2 is 1.08 bits per heavy atom. The molecule has 7 heteroatoms. The van der Waals surface area contributed by atoms with Crippen LogP contribution >= 0.6 is 0 Å². The largest absolute Gasteiger partial charge is 0.365 e. The molecule has 0 radical (unpaired) electrons. The van der Waals surface area contributed by atoms with Crippen LogP contribution < -0.4 is 16.4 Å². The van der Waals surface area contributed by atoms with Crippen molar-refractivity contribution in [3.63, 3.8) is 0 Å². The van der Waals surface area contributed by atoms with Gasteiger partial charge in [0.2, 0.25) is 0 Å². The van der Waals surface area contributed by atoms with E-state index in [1.54, 1.807) is 0 Å². The molecule has 0 aliphatic heterocycles. The summed E-state index contributed by atoms with van der Waals surface area (Å²) in [6, 6.07) is 21.1. The number of nitrogens with zero attached hydrogens (tertiary/aromatic N) is 3. The van der Waals surface area contributed by atoms with Gasteiger partial charge in [0.25, 0.3) is 11.8 Å². The van der Waals surface area contributed by atoms with Crippen molar-refractivity contribution in [3.05, 3.63) is 117 Å². The maximum Gasteiger partial charge on any atom is 0.259 e. The maximum absolute atomic E-state index is 11.9. The van der Waals surface area contributed by atoms with E-state index in [4.69, 9.17) is 11.5 Å². The van der Waals surface area contributed by atoms with Crippen molar-refractivity contribution in [3.8, 4) is 12.1 Å². The summed E-state index contributed by atoms with van der Waals surface area (Å²) in [5.41, 5.74) is 18.7. The van der Waals surface area contributed by atoms with E-state index in [-0.39, 0.29) is 22.0 Å². The van der Waals surface area contributed by atoms with E-state index < -0.39 is 11.8 Å². The Kier molecular flexibility index (Phi) is 12.8. The highest BCUT2D eigenvalue weighted by molar-refractivity contribution is 5.98. The van der Waals surface area contributed by atoms with Gasteiger partial charge in [0.15, 0.2) is 0 Å². The number of rotatable bonds is 13. The first-order valence-electron chi connectivity index (χ1n) is 17.9. The van der Waals surface area contributed by atoms with Crippen LogP contribution in [0.5, 0.6) is 0 Å². The van der Waals surface area contributed by atoms with E-state index in [2.05, 4.69) is 112 Å². The highest BCUT2D eigenvalue weighted by atomic mass is 16.1. The zero-order chi connectivity index (χ0) is 37.2. The van der Waals surface area contributed by atoms with Crippen LogP contribution in [0.15, 0.2) is 106 Å². The number of carbonyl (C=O) groups is 2. The minimum atomic E-state index is -0.683. The number of hydrogen-bond acceptors (Lipinski definition) is 5. The Hall–Kier alpha value is -5.40. The predicted molar refractivity (Wildman–Crippen MR) is 208 cm³/mol. The Labute approximate surface area is 304 Å². The number of hydrogen-bond donors (Lipinski definition) is 2. The molecule has 4 N–H and O–H groups in total. The molecule has 2 aromatic carbocycles. The molecule has 264 valence electrons. The number of benzene rings is 2. The Balaban J connectivity index is 1.55. The van der Waals surface area contributed by atoms with Crippen LogP contribution in [0.25, 0.3) is 12.2 Å². The van der Waals surface area contributed by atoms with E-state index in [0.717, 1.165) is 59.5 Å². The monoisotopic (exact) mass is 681 g/mol. The Morgan fingerprint density at radius 1 is 0.667 bits per heavy atom. The van der Waals surface area contributed by atoms with Gasteiger partial charge >= 0.3 is 0 Å². The van der Waals surface area contributed by atoms with Crippen LogP contribution in [0.3, 0.4) is 0 Å². The molecule has 0 saturated carbocycles. The van der Waals surface area contributed by atoms with E-state index in [1.165, 1.54) is 19.3 Å². The second-order valence-electron chi connectivity index (χ2n) is 15.3. The summed E-state index contributed by atoms with van der Waals surface area (Å²) < 4.78 is 0. The summed E-state index contributed by atoms with van der Waals surface area (Å²) in [4.78, 5) is 26.1. The van der Waals surface area contributed by atoms with E-state index in [1.807, 2.05) is 24.3 Å². The highest BCUT2D eigenvalue weighted by Crippen LogP contribution is 2.41. The van der Waals surface area contributed by atoms with Gasteiger partial charge in [-0.3, -0.25) is 9.59 Å². The van der Waals surface area contributed by atoms with Gasteiger partial charge in [-0.15, -0.1) is 0 Å². The van der Waals surface area contributed by atoms with Crippen molar-refractivity contribution in [2.45, 2.75) is 86.0 Å². The number of nitriles is 2. The molecular weight excluding hydrogens is 631 g/mol. The predicted octanol–water partition coefficient (Wildman–Crippen LogP) is 9.54. The van der Waals surface area contributed by atoms with E-state index >= 15 is 0 Å². The molecule has 0 heterocycles. The smallest absolute Gasteiger partial charge is 0.259 e. The number of nitrogens with two attached hydrogens (primary N) is 2. The van der Waals surface area contributed by atoms with Gasteiger partial charge < -0.3 is 16.4 Å². The van der Waals surface area contributed by atoms with Crippen LogP contribution in [-0.4, -0.2) is 18.4 Å². The fraction of sp³-hybridized carbons (Fsp3) is 0.364. The minimum absolute atomic E-state index is 0.0370. The summed E-state index contributed by atoms with van der Waals surface area (Å²) in [6.07, 6.45) is 19.8. The van der Waals surface area contributed by atoms with Gasteiger partial charge in [-0.05, 0) is 101 Å². The average Bonchev–Trinajstić information content (AvgIpc) is 3.06. The molecule has 0 bridgehead atoms. The molecule has 0 atom stereocenters. The lowest BCUT2D eigenvalue weighted by Gasteiger charge is -2.30. The Morgan fingerprint density at radius 3 is 1.43 bits per heavy atom. The fourth-order valence-corrected chi connectivity index (χ4v) is 7.06. The van der Waals surface area contributed by atoms with Crippen molar-refractivity contribution < 1.29 is 9.59 Å². The third-order valence-electron chi connectivity index (χ3n) is 9.41. The number of amides is 2. The molecule has 4 rings (SSSR count). The average molecular weight is 682 g/mol. The normalized spacial score (nSPS) is 18.7. The number of unbranched alkanes of at least 4 members (excludes halogenated alkanes) is 3. The lowest BCUT2D eigenvalue weighted by molar-refractivity contribution is -0.115. The SMILES string of the molecule is CCCCCCN(c1ccc(/C=C/C2=CC(=C(\C#N)C(N)=O)/CC(C)(C)C2)cc1)c1ccc(/C=C/C2=CC(=C(\C#N)C(N)=O)/CC(C)(C)C2)cc1. The molecule has 0 saturated heterocycles. The van der Waals surface area contributed by atoms with Crippen molar-refractivity contribution in [2.75, 3.05) is 11.4 Å². The molecule has 0 unspecified atom stereocenters. The van der Waals surface area contributed by atoms with Crippen molar-refractivity contribution in [1.82, 2.24) is 0 Å². The molecule has 2 aliphatic rings. The maximum atomic E-state index is 11.9. The topological polar surface area (TPSA) is 137 Å². The lowest BCUT2D eigenvalue weighted by Crippen LogP contribution is -2.21. The van der Waals surface area contributed by atoms with Gasteiger partial charge in [-0.25, -0.2) is 0 Å². The first-order chi connectivity index (χ1) is 24.2. The number of anilines is 2. The quantitative estimate of drug-likeness (QED) is 0.123. The molecule has 51 heavy (non-hydrogen) atoms. The number of primary amides is 2. The van der Waals surface area contributed by atoms with Gasteiger partial charge in [0.1, 0.15) is 23.3 Å². The summed E-state index contributed by atoms with van der Waals surface area (Å²) in [5, 5.41) is 19.0. The van der Waals surface area contributed by atoms with Gasteiger partial charge in [-0.2, -0.15) is 10.5 Å². The van der Waals surface area contributed by atoms with E-state index in [0.29, 0.717) is 24.0 Å². The summed E-state index contributed by atoms with van der Waals surface area (Å²) in [6.45, 7) is 11.7. The number of allylic oxidation sites excluding steroid dienone is 8. The second kappa shape index (κ2) is 17.0. The molecule has 0 fully saturated rings. The molecule has 0 aromatic heterocycles. The first kappa shape index (κ1) is 38.4. The zero-order valence-electron chi connectivity index (χ0n) is 30.8.